The molecule has 0 atom stereocenters. The van der Waals surface area contributed by atoms with Gasteiger partial charge in [0.2, 0.25) is 0 Å². The first kappa shape index (κ1) is 16.2. The lowest BCUT2D eigenvalue weighted by molar-refractivity contribution is 0.0697. The molecule has 0 aliphatic rings. The van der Waals surface area contributed by atoms with E-state index in [2.05, 4.69) is 22.1 Å². The third-order valence-electron chi connectivity index (χ3n) is 3.52. The molecule has 0 unspecified atom stereocenters. The predicted molar refractivity (Wildman–Crippen MR) is 91.9 cm³/mol. The molecule has 0 amide bonds. The Morgan fingerprint density at radius 1 is 1.21 bits per heavy atom. The summed E-state index contributed by atoms with van der Waals surface area (Å²) in [6, 6.07) is 10.7. The molecule has 0 aliphatic heterocycles. The molecule has 1 aromatic carbocycles. The highest BCUT2D eigenvalue weighted by atomic mass is 32.2. The third kappa shape index (κ3) is 3.46. The lowest BCUT2D eigenvalue weighted by Crippen LogP contribution is -2.00. The summed E-state index contributed by atoms with van der Waals surface area (Å²) >= 11 is 1.58. The highest BCUT2D eigenvalue weighted by Gasteiger charge is 2.13. The number of carboxylic acid groups (broad SMARTS) is 1. The molecule has 0 fully saturated rings. The van der Waals surface area contributed by atoms with E-state index in [9.17, 15) is 4.79 Å². The molecular formula is C17H16N4O2S. The van der Waals surface area contributed by atoms with Gasteiger partial charge in [-0.3, -0.25) is 4.98 Å². The minimum Gasteiger partial charge on any atom is -0.478 e. The molecule has 122 valence electrons. The molecule has 7 heteroatoms. The molecule has 6 nitrogen and oxygen atoms in total. The van der Waals surface area contributed by atoms with Crippen LogP contribution in [0.25, 0.3) is 11.4 Å². The fraction of sp³-hybridized carbons (Fsp3) is 0.176. The van der Waals surface area contributed by atoms with Crippen molar-refractivity contribution >= 4 is 17.7 Å². The molecule has 0 spiro atoms. The van der Waals surface area contributed by atoms with Gasteiger partial charge in [-0.1, -0.05) is 23.9 Å². The maximum absolute atomic E-state index is 10.9. The Kier molecular flexibility index (Phi) is 4.90. The minimum atomic E-state index is -0.916. The van der Waals surface area contributed by atoms with Crippen molar-refractivity contribution < 1.29 is 9.90 Å². The Bertz CT molecular complexity index is 832. The monoisotopic (exact) mass is 340 g/mol. The summed E-state index contributed by atoms with van der Waals surface area (Å²) in [5.74, 6) is 0.584. The second-order valence-corrected chi connectivity index (χ2v) is 6.03. The van der Waals surface area contributed by atoms with Gasteiger partial charge in [0, 0.05) is 30.3 Å². The van der Waals surface area contributed by atoms with E-state index in [-0.39, 0.29) is 0 Å². The summed E-state index contributed by atoms with van der Waals surface area (Å²) in [5.41, 5.74) is 2.27. The first-order valence-electron chi connectivity index (χ1n) is 7.47. The van der Waals surface area contributed by atoms with Gasteiger partial charge in [0.1, 0.15) is 0 Å². The summed E-state index contributed by atoms with van der Waals surface area (Å²) in [4.78, 5) is 15.0. The molecule has 3 aromatic rings. The quantitative estimate of drug-likeness (QED) is 0.693. The van der Waals surface area contributed by atoms with Crippen LogP contribution >= 0.6 is 11.8 Å². The van der Waals surface area contributed by atoms with Crippen molar-refractivity contribution in [2.45, 2.75) is 24.4 Å². The van der Waals surface area contributed by atoms with Crippen molar-refractivity contribution in [2.24, 2.45) is 0 Å². The molecule has 0 radical (unpaired) electrons. The Labute approximate surface area is 143 Å². The van der Waals surface area contributed by atoms with Gasteiger partial charge in [-0.2, -0.15) is 0 Å². The van der Waals surface area contributed by atoms with Gasteiger partial charge < -0.3 is 9.67 Å². The van der Waals surface area contributed by atoms with Crippen LogP contribution in [0.5, 0.6) is 0 Å². The van der Waals surface area contributed by atoms with Crippen molar-refractivity contribution in [3.63, 3.8) is 0 Å². The molecule has 0 saturated carbocycles. The molecule has 0 saturated heterocycles. The largest absolute Gasteiger partial charge is 0.478 e. The SMILES string of the molecule is CCn1c(SCc2ccc(C(=O)O)cc2)nnc1-c1cccnc1. The van der Waals surface area contributed by atoms with E-state index in [1.54, 1.807) is 36.3 Å². The number of carbonyl (C=O) groups is 1. The summed E-state index contributed by atoms with van der Waals surface area (Å²) in [5, 5.41) is 18.3. The number of rotatable bonds is 6. The van der Waals surface area contributed by atoms with Crippen molar-refractivity contribution in [2.75, 3.05) is 0 Å². The van der Waals surface area contributed by atoms with Crippen molar-refractivity contribution in [3.05, 3.63) is 59.9 Å². The molecule has 2 heterocycles. The first-order chi connectivity index (χ1) is 11.7. The van der Waals surface area contributed by atoms with E-state index in [0.717, 1.165) is 28.7 Å². The van der Waals surface area contributed by atoms with E-state index in [4.69, 9.17) is 5.11 Å². The van der Waals surface area contributed by atoms with Gasteiger partial charge >= 0.3 is 5.97 Å². The zero-order chi connectivity index (χ0) is 16.9. The Hall–Kier alpha value is -2.67. The second-order valence-electron chi connectivity index (χ2n) is 5.08. The fourth-order valence-electron chi connectivity index (χ4n) is 2.28. The van der Waals surface area contributed by atoms with Crippen LogP contribution in [0, 0.1) is 0 Å². The van der Waals surface area contributed by atoms with Crippen LogP contribution in [0.3, 0.4) is 0 Å². The molecular weight excluding hydrogens is 324 g/mol. The summed E-state index contributed by atoms with van der Waals surface area (Å²) < 4.78 is 2.05. The van der Waals surface area contributed by atoms with Crippen LogP contribution in [0.2, 0.25) is 0 Å². The molecule has 2 aromatic heterocycles. The standard InChI is InChI=1S/C17H16N4O2S/c1-2-21-15(14-4-3-9-18-10-14)19-20-17(21)24-11-12-5-7-13(8-6-12)16(22)23/h3-10H,2,11H2,1H3,(H,22,23). The zero-order valence-electron chi connectivity index (χ0n) is 13.1. The van der Waals surface area contributed by atoms with Crippen molar-refractivity contribution in [1.29, 1.82) is 0 Å². The van der Waals surface area contributed by atoms with Gasteiger partial charge in [-0.05, 0) is 36.8 Å². The fourth-order valence-corrected chi connectivity index (χ4v) is 3.24. The van der Waals surface area contributed by atoms with Gasteiger partial charge in [-0.25, -0.2) is 4.79 Å². The smallest absolute Gasteiger partial charge is 0.335 e. The highest BCUT2D eigenvalue weighted by Crippen LogP contribution is 2.26. The van der Waals surface area contributed by atoms with E-state index >= 15 is 0 Å². The third-order valence-corrected chi connectivity index (χ3v) is 4.56. The molecule has 0 bridgehead atoms. The lowest BCUT2D eigenvalue weighted by Gasteiger charge is -2.07. The van der Waals surface area contributed by atoms with Crippen LogP contribution in [0.15, 0.2) is 53.9 Å². The molecule has 3 rings (SSSR count). The topological polar surface area (TPSA) is 80.9 Å². The van der Waals surface area contributed by atoms with Crippen LogP contribution in [0.4, 0.5) is 0 Å². The number of benzene rings is 1. The lowest BCUT2D eigenvalue weighted by atomic mass is 10.1. The van der Waals surface area contributed by atoms with Gasteiger partial charge in [0.05, 0.1) is 5.56 Å². The maximum atomic E-state index is 10.9. The predicted octanol–water partition coefficient (Wildman–Crippen LogP) is 3.35. The maximum Gasteiger partial charge on any atom is 0.335 e. The van der Waals surface area contributed by atoms with Crippen molar-refractivity contribution in [1.82, 2.24) is 19.7 Å². The van der Waals surface area contributed by atoms with E-state index in [1.807, 2.05) is 28.8 Å². The number of pyridine rings is 1. The van der Waals surface area contributed by atoms with Gasteiger partial charge in [0.25, 0.3) is 0 Å². The number of carboxylic acids is 1. The summed E-state index contributed by atoms with van der Waals surface area (Å²) in [6.07, 6.45) is 3.50. The molecule has 24 heavy (non-hydrogen) atoms. The van der Waals surface area contributed by atoms with Crippen LogP contribution in [0.1, 0.15) is 22.8 Å². The normalized spacial score (nSPS) is 10.7. The van der Waals surface area contributed by atoms with E-state index in [1.165, 1.54) is 0 Å². The van der Waals surface area contributed by atoms with E-state index in [0.29, 0.717) is 11.3 Å². The number of hydrogen-bond acceptors (Lipinski definition) is 5. The number of aromatic nitrogens is 4. The number of hydrogen-bond donors (Lipinski definition) is 1. The summed E-state index contributed by atoms with van der Waals surface area (Å²) in [7, 11) is 0. The zero-order valence-corrected chi connectivity index (χ0v) is 13.9. The van der Waals surface area contributed by atoms with Gasteiger partial charge in [-0.15, -0.1) is 10.2 Å². The van der Waals surface area contributed by atoms with Crippen LogP contribution in [-0.2, 0) is 12.3 Å². The molecule has 0 aliphatic carbocycles. The van der Waals surface area contributed by atoms with Gasteiger partial charge in [0.15, 0.2) is 11.0 Å². The number of thioether (sulfide) groups is 1. The second kappa shape index (κ2) is 7.27. The minimum absolute atomic E-state index is 0.291. The Morgan fingerprint density at radius 2 is 2.00 bits per heavy atom. The first-order valence-corrected chi connectivity index (χ1v) is 8.46. The average Bonchev–Trinajstić information content (AvgIpc) is 3.04. The Morgan fingerprint density at radius 3 is 2.62 bits per heavy atom. The summed E-state index contributed by atoms with van der Waals surface area (Å²) in [6.45, 7) is 2.81. The molecule has 1 N–H and O–H groups in total. The average molecular weight is 340 g/mol. The van der Waals surface area contributed by atoms with Crippen LogP contribution in [-0.4, -0.2) is 30.8 Å². The van der Waals surface area contributed by atoms with Crippen LogP contribution < -0.4 is 0 Å². The highest BCUT2D eigenvalue weighted by molar-refractivity contribution is 7.98. The number of aromatic carboxylic acids is 1. The van der Waals surface area contributed by atoms with Crippen molar-refractivity contribution in [3.8, 4) is 11.4 Å². The van der Waals surface area contributed by atoms with E-state index < -0.39 is 5.97 Å². The number of nitrogens with zero attached hydrogens (tertiary/aromatic N) is 4. The Balaban J connectivity index is 1.76.